The van der Waals surface area contributed by atoms with Crippen LogP contribution in [0.2, 0.25) is 0 Å². The predicted octanol–water partition coefficient (Wildman–Crippen LogP) is -1.68. The Morgan fingerprint density at radius 3 is 2.21 bits per heavy atom. The molecule has 1 aliphatic heterocycles. The van der Waals surface area contributed by atoms with Crippen LogP contribution in [0.5, 0.6) is 0 Å². The molecule has 0 atom stereocenters. The first-order chi connectivity index (χ1) is 5.63. The van der Waals surface area contributed by atoms with Crippen LogP contribution in [0.4, 0.5) is 4.79 Å². The zero-order valence-electron chi connectivity index (χ0n) is 6.89. The largest absolute Gasteiger partial charge is 0.477 e. The maximum absolute atomic E-state index is 10.4. The third kappa shape index (κ3) is 2.77. The SMILES string of the molecule is O.O.O=C(O)C1=CNC=CN1C(=O)O. The number of carboxylic acid groups (broad SMARTS) is 2. The molecule has 0 aromatic rings. The molecule has 8 nitrogen and oxygen atoms in total. The lowest BCUT2D eigenvalue weighted by molar-refractivity contribution is -0.134. The molecule has 1 heterocycles. The van der Waals surface area contributed by atoms with Crippen molar-refractivity contribution in [2.75, 3.05) is 0 Å². The highest BCUT2D eigenvalue weighted by atomic mass is 16.4. The van der Waals surface area contributed by atoms with Gasteiger partial charge in [0.05, 0.1) is 0 Å². The summed E-state index contributed by atoms with van der Waals surface area (Å²) in [5.74, 6) is -1.30. The number of hydrogen-bond donors (Lipinski definition) is 3. The third-order valence-corrected chi connectivity index (χ3v) is 1.22. The van der Waals surface area contributed by atoms with Crippen molar-refractivity contribution in [3.05, 3.63) is 24.3 Å². The Hall–Kier alpha value is -2.06. The lowest BCUT2D eigenvalue weighted by atomic mass is 10.4. The Kier molecular flexibility index (Phi) is 5.75. The van der Waals surface area contributed by atoms with E-state index in [1.807, 2.05) is 0 Å². The number of nitrogens with zero attached hydrogens (tertiary/aromatic N) is 1. The van der Waals surface area contributed by atoms with E-state index < -0.39 is 12.1 Å². The van der Waals surface area contributed by atoms with Crippen molar-refractivity contribution in [2.45, 2.75) is 0 Å². The van der Waals surface area contributed by atoms with Crippen LogP contribution in [0.3, 0.4) is 0 Å². The standard InChI is InChI=1S/C6H6N2O4.2H2O/c9-5(10)4-3-7-1-2-8(4)6(11)12;;/h1-3,7H,(H,9,10)(H,11,12);2*1H2. The normalized spacial score (nSPS) is 12.9. The number of nitrogens with one attached hydrogen (secondary N) is 1. The van der Waals surface area contributed by atoms with Gasteiger partial charge in [0.1, 0.15) is 0 Å². The molecule has 0 aromatic heterocycles. The molecule has 0 saturated carbocycles. The third-order valence-electron chi connectivity index (χ3n) is 1.22. The molecule has 0 unspecified atom stereocenters. The second kappa shape index (κ2) is 5.56. The van der Waals surface area contributed by atoms with Gasteiger partial charge in [-0.1, -0.05) is 0 Å². The van der Waals surface area contributed by atoms with E-state index in [-0.39, 0.29) is 16.6 Å². The van der Waals surface area contributed by atoms with Gasteiger partial charge in [0.15, 0.2) is 5.70 Å². The molecule has 0 radical (unpaired) electrons. The van der Waals surface area contributed by atoms with Crippen molar-refractivity contribution in [2.24, 2.45) is 0 Å². The van der Waals surface area contributed by atoms with Gasteiger partial charge in [0, 0.05) is 18.6 Å². The van der Waals surface area contributed by atoms with Crippen LogP contribution in [0, 0.1) is 0 Å². The summed E-state index contributed by atoms with van der Waals surface area (Å²) >= 11 is 0. The predicted molar refractivity (Wildman–Crippen MR) is 45.1 cm³/mol. The fourth-order valence-corrected chi connectivity index (χ4v) is 0.726. The first kappa shape index (κ1) is 14.5. The van der Waals surface area contributed by atoms with Crippen LogP contribution in [-0.4, -0.2) is 38.1 Å². The van der Waals surface area contributed by atoms with Crippen LogP contribution in [0.1, 0.15) is 0 Å². The summed E-state index contributed by atoms with van der Waals surface area (Å²) < 4.78 is 0. The summed E-state index contributed by atoms with van der Waals surface area (Å²) in [4.78, 5) is 21.4. The molecule has 0 saturated heterocycles. The molecule has 0 fully saturated rings. The van der Waals surface area contributed by atoms with Gasteiger partial charge in [-0.25, -0.2) is 14.5 Å². The molecular weight excluding hydrogens is 196 g/mol. The van der Waals surface area contributed by atoms with E-state index >= 15 is 0 Å². The van der Waals surface area contributed by atoms with Crippen molar-refractivity contribution < 1.29 is 30.8 Å². The summed E-state index contributed by atoms with van der Waals surface area (Å²) in [6.45, 7) is 0. The van der Waals surface area contributed by atoms with Gasteiger partial charge in [-0.15, -0.1) is 0 Å². The lowest BCUT2D eigenvalue weighted by Gasteiger charge is -2.17. The minimum absolute atomic E-state index is 0. The Morgan fingerprint density at radius 2 is 1.86 bits per heavy atom. The Bertz CT molecular complexity index is 284. The van der Waals surface area contributed by atoms with Crippen LogP contribution in [0.15, 0.2) is 24.3 Å². The van der Waals surface area contributed by atoms with E-state index in [4.69, 9.17) is 10.2 Å². The fourth-order valence-electron chi connectivity index (χ4n) is 0.726. The van der Waals surface area contributed by atoms with Crippen LogP contribution in [0.25, 0.3) is 0 Å². The second-order valence-electron chi connectivity index (χ2n) is 1.97. The van der Waals surface area contributed by atoms with Gasteiger partial charge in [-0.05, 0) is 0 Å². The molecular formula is C6H10N2O6. The highest BCUT2D eigenvalue weighted by molar-refractivity contribution is 5.91. The molecule has 1 rings (SSSR count). The van der Waals surface area contributed by atoms with E-state index in [2.05, 4.69) is 5.32 Å². The van der Waals surface area contributed by atoms with Crippen molar-refractivity contribution >= 4 is 12.1 Å². The van der Waals surface area contributed by atoms with Crippen molar-refractivity contribution in [1.29, 1.82) is 0 Å². The highest BCUT2D eigenvalue weighted by Gasteiger charge is 2.21. The topological polar surface area (TPSA) is 153 Å². The maximum Gasteiger partial charge on any atom is 0.416 e. The second-order valence-corrected chi connectivity index (χ2v) is 1.97. The first-order valence-electron chi connectivity index (χ1n) is 3.01. The Morgan fingerprint density at radius 1 is 1.29 bits per heavy atom. The Balaban J connectivity index is 0. The monoisotopic (exact) mass is 206 g/mol. The van der Waals surface area contributed by atoms with Crippen molar-refractivity contribution in [3.63, 3.8) is 0 Å². The van der Waals surface area contributed by atoms with Crippen molar-refractivity contribution in [3.8, 4) is 0 Å². The number of carboxylic acids is 1. The van der Waals surface area contributed by atoms with E-state index in [0.29, 0.717) is 4.90 Å². The van der Waals surface area contributed by atoms with Gasteiger partial charge < -0.3 is 26.5 Å². The molecule has 0 aromatic carbocycles. The molecule has 1 aliphatic rings. The minimum atomic E-state index is -1.33. The first-order valence-corrected chi connectivity index (χ1v) is 3.01. The summed E-state index contributed by atoms with van der Waals surface area (Å²) in [6, 6.07) is 0. The molecule has 1 amide bonds. The molecule has 0 spiro atoms. The smallest absolute Gasteiger partial charge is 0.416 e. The number of hydrogen-bond acceptors (Lipinski definition) is 3. The number of rotatable bonds is 1. The highest BCUT2D eigenvalue weighted by Crippen LogP contribution is 2.07. The lowest BCUT2D eigenvalue weighted by Crippen LogP contribution is -2.31. The number of carbonyl (C=O) groups is 2. The summed E-state index contributed by atoms with van der Waals surface area (Å²) in [7, 11) is 0. The van der Waals surface area contributed by atoms with Gasteiger partial charge in [-0.3, -0.25) is 0 Å². The summed E-state index contributed by atoms with van der Waals surface area (Å²) in [5, 5.41) is 19.5. The van der Waals surface area contributed by atoms with E-state index in [1.54, 1.807) is 0 Å². The number of aliphatic carboxylic acids is 1. The molecule has 80 valence electrons. The van der Waals surface area contributed by atoms with E-state index in [0.717, 1.165) is 12.4 Å². The molecule has 8 heteroatoms. The average Bonchev–Trinajstić information content (AvgIpc) is 2.04. The maximum atomic E-state index is 10.4. The average molecular weight is 206 g/mol. The van der Waals surface area contributed by atoms with Gasteiger partial charge in [0.2, 0.25) is 0 Å². The fraction of sp³-hybridized carbons (Fsp3) is 0. The summed E-state index contributed by atoms with van der Waals surface area (Å²) in [6.07, 6.45) is 2.20. The zero-order valence-corrected chi connectivity index (χ0v) is 6.89. The van der Waals surface area contributed by atoms with Gasteiger partial charge >= 0.3 is 12.1 Å². The minimum Gasteiger partial charge on any atom is -0.477 e. The quantitative estimate of drug-likeness (QED) is 0.467. The van der Waals surface area contributed by atoms with Crippen LogP contribution < -0.4 is 5.32 Å². The van der Waals surface area contributed by atoms with Gasteiger partial charge in [-0.2, -0.15) is 0 Å². The Labute approximate surface area is 78.4 Å². The molecule has 0 bridgehead atoms. The van der Waals surface area contributed by atoms with Gasteiger partial charge in [0.25, 0.3) is 0 Å². The molecule has 0 aliphatic carbocycles. The van der Waals surface area contributed by atoms with Crippen LogP contribution >= 0.6 is 0 Å². The number of amides is 1. The van der Waals surface area contributed by atoms with E-state index in [9.17, 15) is 9.59 Å². The van der Waals surface area contributed by atoms with Crippen molar-refractivity contribution in [1.82, 2.24) is 10.2 Å². The van der Waals surface area contributed by atoms with Crippen LogP contribution in [-0.2, 0) is 4.79 Å². The molecule has 14 heavy (non-hydrogen) atoms. The van der Waals surface area contributed by atoms with E-state index in [1.165, 1.54) is 6.20 Å². The zero-order chi connectivity index (χ0) is 9.14. The summed E-state index contributed by atoms with van der Waals surface area (Å²) in [5.41, 5.74) is -0.329. The molecule has 7 N–H and O–H groups in total.